The van der Waals surface area contributed by atoms with Crippen LogP contribution >= 0.6 is 0 Å². The van der Waals surface area contributed by atoms with Gasteiger partial charge < -0.3 is 9.30 Å². The van der Waals surface area contributed by atoms with E-state index in [1.807, 2.05) is 43.5 Å². The number of rotatable bonds is 3. The number of ether oxygens (including phenoxy) is 1. The Morgan fingerprint density at radius 3 is 2.65 bits per heavy atom. The number of carbonyl (C=O) groups excluding carboxylic acids is 2. The van der Waals surface area contributed by atoms with Crippen LogP contribution in [0.1, 0.15) is 49.7 Å². The lowest BCUT2D eigenvalue weighted by Crippen LogP contribution is -2.26. The molecule has 3 rings (SSSR count). The van der Waals surface area contributed by atoms with Gasteiger partial charge in [0.05, 0.1) is 19.2 Å². The van der Waals surface area contributed by atoms with Crippen molar-refractivity contribution in [3.63, 3.8) is 0 Å². The number of aromatic nitrogens is 1. The first-order valence-corrected chi connectivity index (χ1v) is 8.08. The number of fused-ring (bicyclic) bond motifs is 3. The number of Topliss-reactive ketones (excluding diaryl/α,β-unsaturated/α-hetero) is 2. The first-order valence-electron chi connectivity index (χ1n) is 8.08. The summed E-state index contributed by atoms with van der Waals surface area (Å²) >= 11 is 0. The van der Waals surface area contributed by atoms with Crippen molar-refractivity contribution in [2.45, 2.75) is 46.6 Å². The molecule has 0 aliphatic heterocycles. The molecule has 0 unspecified atom stereocenters. The van der Waals surface area contributed by atoms with Crippen LogP contribution in [-0.2, 0) is 17.8 Å². The van der Waals surface area contributed by atoms with Gasteiger partial charge in [-0.3, -0.25) is 9.59 Å². The highest BCUT2D eigenvalue weighted by molar-refractivity contribution is 6.10. The molecule has 0 bridgehead atoms. The molecule has 1 heterocycles. The van der Waals surface area contributed by atoms with E-state index in [1.165, 1.54) is 0 Å². The van der Waals surface area contributed by atoms with E-state index >= 15 is 0 Å². The van der Waals surface area contributed by atoms with Crippen LogP contribution in [0.25, 0.3) is 10.9 Å². The van der Waals surface area contributed by atoms with Crippen molar-refractivity contribution in [3.05, 3.63) is 29.5 Å². The molecular formula is C19H23NO3. The fourth-order valence-electron chi connectivity index (χ4n) is 3.18. The molecule has 1 aromatic carbocycles. The number of nitrogens with zero attached hydrogens (tertiary/aromatic N) is 1. The molecule has 4 heteroatoms. The monoisotopic (exact) mass is 313 g/mol. The van der Waals surface area contributed by atoms with Gasteiger partial charge in [-0.15, -0.1) is 0 Å². The summed E-state index contributed by atoms with van der Waals surface area (Å²) in [5.41, 5.74) is 2.32. The number of benzene rings is 1. The maximum atomic E-state index is 12.6. The number of ketones is 2. The molecule has 0 saturated carbocycles. The van der Waals surface area contributed by atoms with Crippen LogP contribution in [-0.4, -0.2) is 23.2 Å². The number of hydrogen-bond donors (Lipinski definition) is 0. The highest BCUT2D eigenvalue weighted by Gasteiger charge is 2.29. The molecule has 1 aliphatic carbocycles. The number of hydrogen-bond acceptors (Lipinski definition) is 3. The lowest BCUT2D eigenvalue weighted by Gasteiger charge is -2.20. The molecule has 122 valence electrons. The predicted molar refractivity (Wildman–Crippen MR) is 90.2 cm³/mol. The van der Waals surface area contributed by atoms with Crippen LogP contribution in [0.15, 0.2) is 18.2 Å². The Morgan fingerprint density at radius 2 is 2.00 bits per heavy atom. The Balaban J connectivity index is 2.22. The van der Waals surface area contributed by atoms with Crippen LogP contribution in [0.5, 0.6) is 5.75 Å². The molecule has 1 aliphatic rings. The Kier molecular flexibility index (Phi) is 3.78. The van der Waals surface area contributed by atoms with Crippen molar-refractivity contribution in [1.82, 2.24) is 4.57 Å². The lowest BCUT2D eigenvalue weighted by molar-refractivity contribution is -0.126. The van der Waals surface area contributed by atoms with Gasteiger partial charge >= 0.3 is 0 Å². The molecular weight excluding hydrogens is 290 g/mol. The second-order valence-electron chi connectivity index (χ2n) is 7.24. The highest BCUT2D eigenvalue weighted by atomic mass is 16.5. The summed E-state index contributed by atoms with van der Waals surface area (Å²) in [7, 11) is 1.62. The molecule has 0 amide bonds. The quantitative estimate of drug-likeness (QED) is 0.866. The maximum Gasteiger partial charge on any atom is 0.165 e. The smallest absolute Gasteiger partial charge is 0.165 e. The van der Waals surface area contributed by atoms with E-state index in [2.05, 4.69) is 0 Å². The number of methoxy groups -OCH3 is 1. The average Bonchev–Trinajstić information content (AvgIpc) is 2.81. The van der Waals surface area contributed by atoms with Gasteiger partial charge in [-0.2, -0.15) is 0 Å². The van der Waals surface area contributed by atoms with Gasteiger partial charge in [0, 0.05) is 34.5 Å². The lowest BCUT2D eigenvalue weighted by atomic mass is 9.90. The molecule has 0 spiro atoms. The van der Waals surface area contributed by atoms with Crippen LogP contribution in [0.3, 0.4) is 0 Å². The largest absolute Gasteiger partial charge is 0.497 e. The van der Waals surface area contributed by atoms with Gasteiger partial charge in [0.1, 0.15) is 5.75 Å². The van der Waals surface area contributed by atoms with E-state index in [9.17, 15) is 9.59 Å². The van der Waals surface area contributed by atoms with Gasteiger partial charge in [0.15, 0.2) is 11.6 Å². The fourth-order valence-corrected chi connectivity index (χ4v) is 3.18. The summed E-state index contributed by atoms with van der Waals surface area (Å²) in [6.45, 7) is 6.09. The third-order valence-electron chi connectivity index (χ3n) is 4.61. The fraction of sp³-hybridized carbons (Fsp3) is 0.474. The summed E-state index contributed by atoms with van der Waals surface area (Å²) in [4.78, 5) is 25.0. The van der Waals surface area contributed by atoms with Crippen molar-refractivity contribution in [3.8, 4) is 5.75 Å². The average molecular weight is 313 g/mol. The predicted octanol–water partition coefficient (Wildman–Crippen LogP) is 3.78. The Bertz CT molecular complexity index is 793. The summed E-state index contributed by atoms with van der Waals surface area (Å²) in [6.07, 6.45) is 2.28. The zero-order chi connectivity index (χ0) is 16.8. The molecule has 2 aromatic rings. The zero-order valence-electron chi connectivity index (χ0n) is 14.2. The summed E-state index contributed by atoms with van der Waals surface area (Å²) in [6, 6.07) is 5.74. The van der Waals surface area contributed by atoms with Crippen molar-refractivity contribution in [2.24, 2.45) is 5.41 Å². The molecule has 0 radical (unpaired) electrons. The van der Waals surface area contributed by atoms with E-state index < -0.39 is 5.41 Å². The van der Waals surface area contributed by atoms with Crippen LogP contribution < -0.4 is 4.74 Å². The molecule has 23 heavy (non-hydrogen) atoms. The highest BCUT2D eigenvalue weighted by Crippen LogP contribution is 2.34. The van der Waals surface area contributed by atoms with Gasteiger partial charge in [0.2, 0.25) is 0 Å². The Labute approximate surface area is 136 Å². The standard InChI is InChI=1S/C19H23NO3/c1-19(2,3)17(22)11-20-14-6-5-7-16(21)18(14)13-9-8-12(23-4)10-15(13)20/h8-10H,5-7,11H2,1-4H3. The second-order valence-corrected chi connectivity index (χ2v) is 7.24. The van der Waals surface area contributed by atoms with Gasteiger partial charge in [-0.1, -0.05) is 20.8 Å². The minimum atomic E-state index is -0.402. The van der Waals surface area contributed by atoms with Crippen LogP contribution in [0.2, 0.25) is 0 Å². The Morgan fingerprint density at radius 1 is 1.26 bits per heavy atom. The molecule has 0 saturated heterocycles. The third kappa shape index (κ3) is 2.67. The van der Waals surface area contributed by atoms with Gasteiger partial charge in [-0.05, 0) is 25.0 Å². The second kappa shape index (κ2) is 5.52. The van der Waals surface area contributed by atoms with Crippen molar-refractivity contribution in [2.75, 3.05) is 7.11 Å². The molecule has 0 fully saturated rings. The summed E-state index contributed by atoms with van der Waals surface area (Å²) in [5.74, 6) is 1.09. The van der Waals surface area contributed by atoms with Crippen molar-refractivity contribution < 1.29 is 14.3 Å². The Hall–Kier alpha value is -2.10. The molecule has 0 atom stereocenters. The number of carbonyl (C=O) groups is 2. The normalized spacial score (nSPS) is 14.9. The van der Waals surface area contributed by atoms with E-state index in [0.717, 1.165) is 40.8 Å². The summed E-state index contributed by atoms with van der Waals surface area (Å²) in [5, 5.41) is 0.937. The van der Waals surface area contributed by atoms with Crippen LogP contribution in [0, 0.1) is 5.41 Å². The SMILES string of the molecule is COc1ccc2c3c(n(CC(=O)C(C)(C)C)c2c1)CCCC3=O. The first-order chi connectivity index (χ1) is 10.8. The van der Waals surface area contributed by atoms with Gasteiger partial charge in [0.25, 0.3) is 0 Å². The molecule has 1 aromatic heterocycles. The van der Waals surface area contributed by atoms with E-state index in [-0.39, 0.29) is 11.6 Å². The first kappa shape index (κ1) is 15.8. The minimum Gasteiger partial charge on any atom is -0.497 e. The maximum absolute atomic E-state index is 12.6. The van der Waals surface area contributed by atoms with Crippen molar-refractivity contribution in [1.29, 1.82) is 0 Å². The van der Waals surface area contributed by atoms with Crippen molar-refractivity contribution >= 4 is 22.5 Å². The van der Waals surface area contributed by atoms with Gasteiger partial charge in [-0.25, -0.2) is 0 Å². The molecule has 4 nitrogen and oxygen atoms in total. The van der Waals surface area contributed by atoms with E-state index in [4.69, 9.17) is 4.74 Å². The summed E-state index contributed by atoms with van der Waals surface area (Å²) < 4.78 is 7.35. The third-order valence-corrected chi connectivity index (χ3v) is 4.61. The topological polar surface area (TPSA) is 48.3 Å². The van der Waals surface area contributed by atoms with E-state index in [0.29, 0.717) is 13.0 Å². The minimum absolute atomic E-state index is 0.165. The molecule has 0 N–H and O–H groups in total. The van der Waals surface area contributed by atoms with Crippen LogP contribution in [0.4, 0.5) is 0 Å². The zero-order valence-corrected chi connectivity index (χ0v) is 14.2. The van der Waals surface area contributed by atoms with E-state index in [1.54, 1.807) is 7.11 Å².